The average Bonchev–Trinajstić information content (AvgIpc) is 2.49. The first kappa shape index (κ1) is 9.07. The summed E-state index contributed by atoms with van der Waals surface area (Å²) in [6.07, 6.45) is -0.817. The Balaban J connectivity index is 2.02. The minimum atomic E-state index is -1.18. The maximum absolute atomic E-state index is 12.4. The molecule has 0 aliphatic carbocycles. The third-order valence-corrected chi connectivity index (χ3v) is 2.05. The number of nitrogens with zero attached hydrogens (tertiary/aromatic N) is 3. The molecule has 0 amide bonds. The first-order valence-electron chi connectivity index (χ1n) is 4.08. The van der Waals surface area contributed by atoms with Gasteiger partial charge < -0.3 is 5.11 Å². The van der Waals surface area contributed by atoms with Crippen LogP contribution in [-0.2, 0) is 6.54 Å². The molecular weight excluding hydrogens is 193 g/mol. The van der Waals surface area contributed by atoms with Gasteiger partial charge in [-0.05, 0) is 5.16 Å². The van der Waals surface area contributed by atoms with E-state index in [9.17, 15) is 9.18 Å². The van der Waals surface area contributed by atoms with Gasteiger partial charge in [0.25, 0.3) is 0 Å². The van der Waals surface area contributed by atoms with Crippen LogP contribution in [0, 0.1) is 0 Å². The van der Waals surface area contributed by atoms with Crippen molar-refractivity contribution in [2.75, 3.05) is 13.1 Å². The zero-order valence-electron chi connectivity index (χ0n) is 7.18. The number of rotatable bonds is 3. The number of aromatic nitrogens is 2. The second-order valence-electron chi connectivity index (χ2n) is 3.16. The molecule has 0 unspecified atom stereocenters. The molecule has 1 aliphatic rings. The van der Waals surface area contributed by atoms with Crippen LogP contribution in [0.4, 0.5) is 4.39 Å². The Labute approximate surface area is 78.3 Å². The molecule has 0 saturated carbocycles. The van der Waals surface area contributed by atoms with Crippen molar-refractivity contribution >= 4 is 5.97 Å². The first-order chi connectivity index (χ1) is 6.66. The van der Waals surface area contributed by atoms with Gasteiger partial charge in [0.15, 0.2) is 0 Å². The predicted octanol–water partition coefficient (Wildman–Crippen LogP) is -0.0785. The van der Waals surface area contributed by atoms with Gasteiger partial charge in [-0.25, -0.2) is 13.8 Å². The van der Waals surface area contributed by atoms with Gasteiger partial charge in [0, 0.05) is 19.6 Å². The van der Waals surface area contributed by atoms with Crippen LogP contribution in [0.2, 0.25) is 0 Å². The molecule has 2 rings (SSSR count). The minimum absolute atomic E-state index is 0.202. The summed E-state index contributed by atoms with van der Waals surface area (Å²) < 4.78 is 16.7. The van der Waals surface area contributed by atoms with E-state index in [1.165, 1.54) is 0 Å². The largest absolute Gasteiger partial charge is 0.476 e. The van der Waals surface area contributed by atoms with Crippen molar-refractivity contribution in [3.05, 3.63) is 11.4 Å². The maximum Gasteiger partial charge on any atom is 0.360 e. The van der Waals surface area contributed by atoms with E-state index < -0.39 is 12.1 Å². The van der Waals surface area contributed by atoms with Crippen LogP contribution in [-0.4, -0.2) is 45.6 Å². The van der Waals surface area contributed by atoms with E-state index >= 15 is 0 Å². The van der Waals surface area contributed by atoms with Gasteiger partial charge in [-0.3, -0.25) is 4.90 Å². The van der Waals surface area contributed by atoms with E-state index in [2.05, 4.69) is 14.9 Å². The van der Waals surface area contributed by atoms with Gasteiger partial charge in [0.2, 0.25) is 5.69 Å². The van der Waals surface area contributed by atoms with Crippen LogP contribution in [0.1, 0.15) is 16.2 Å². The van der Waals surface area contributed by atoms with Crippen molar-refractivity contribution in [2.45, 2.75) is 12.7 Å². The normalized spacial score (nSPS) is 18.1. The molecule has 0 bridgehead atoms. The average molecular weight is 201 g/mol. The molecule has 6 nitrogen and oxygen atoms in total. The molecule has 1 fully saturated rings. The van der Waals surface area contributed by atoms with E-state index in [0.717, 1.165) is 0 Å². The molecule has 76 valence electrons. The summed E-state index contributed by atoms with van der Waals surface area (Å²) in [6, 6.07) is 0. The number of carboxylic acid groups (broad SMARTS) is 1. The summed E-state index contributed by atoms with van der Waals surface area (Å²) in [4.78, 5) is 12.3. The lowest BCUT2D eigenvalue weighted by molar-refractivity contribution is 0.0560. The fourth-order valence-corrected chi connectivity index (χ4v) is 1.32. The van der Waals surface area contributed by atoms with E-state index in [1.54, 1.807) is 4.90 Å². The zero-order chi connectivity index (χ0) is 10.1. The van der Waals surface area contributed by atoms with Crippen molar-refractivity contribution in [3.63, 3.8) is 0 Å². The number of carboxylic acids is 1. The lowest BCUT2D eigenvalue weighted by Crippen LogP contribution is -2.47. The van der Waals surface area contributed by atoms with Gasteiger partial charge in [0.05, 0.1) is 0 Å². The van der Waals surface area contributed by atoms with Crippen LogP contribution >= 0.6 is 0 Å². The molecule has 1 aromatic rings. The smallest absolute Gasteiger partial charge is 0.360 e. The lowest BCUT2D eigenvalue weighted by Gasteiger charge is -2.33. The summed E-state index contributed by atoms with van der Waals surface area (Å²) in [5.41, 5.74) is 0.0386. The van der Waals surface area contributed by atoms with Gasteiger partial charge >= 0.3 is 5.97 Å². The zero-order valence-corrected chi connectivity index (χ0v) is 7.18. The third kappa shape index (κ3) is 1.58. The molecule has 1 saturated heterocycles. The minimum Gasteiger partial charge on any atom is -0.476 e. The summed E-state index contributed by atoms with van der Waals surface area (Å²) in [5, 5.41) is 15.3. The van der Waals surface area contributed by atoms with E-state index in [4.69, 9.17) is 5.11 Å². The second-order valence-corrected chi connectivity index (χ2v) is 3.16. The van der Waals surface area contributed by atoms with Gasteiger partial charge in [0.1, 0.15) is 11.9 Å². The maximum atomic E-state index is 12.4. The highest BCUT2D eigenvalue weighted by Gasteiger charge is 2.29. The van der Waals surface area contributed by atoms with Crippen LogP contribution in [0.15, 0.2) is 4.63 Å². The van der Waals surface area contributed by atoms with Crippen LogP contribution in [0.5, 0.6) is 0 Å². The van der Waals surface area contributed by atoms with Crippen molar-refractivity contribution in [3.8, 4) is 0 Å². The molecule has 7 heteroatoms. The summed E-state index contributed by atoms with van der Waals surface area (Å²) in [5.74, 6) is -1.18. The van der Waals surface area contributed by atoms with Crippen LogP contribution in [0.3, 0.4) is 0 Å². The number of halogens is 1. The number of carbonyl (C=O) groups is 1. The standard InChI is InChI=1S/C7H8FN3O3/c8-4-1-11(2-4)3-5-6(7(12)13)10-14-9-5/h4H,1-3H2,(H,12,13). The fraction of sp³-hybridized carbons (Fsp3) is 0.571. The third-order valence-electron chi connectivity index (χ3n) is 2.05. The molecule has 0 atom stereocenters. The topological polar surface area (TPSA) is 79.5 Å². The molecule has 1 aromatic heterocycles. The predicted molar refractivity (Wildman–Crippen MR) is 41.4 cm³/mol. The fourth-order valence-electron chi connectivity index (χ4n) is 1.32. The van der Waals surface area contributed by atoms with Crippen LogP contribution in [0.25, 0.3) is 0 Å². The van der Waals surface area contributed by atoms with Crippen molar-refractivity contribution in [1.82, 2.24) is 15.2 Å². The van der Waals surface area contributed by atoms with Gasteiger partial charge in [-0.1, -0.05) is 5.16 Å². The molecule has 14 heavy (non-hydrogen) atoms. The molecular formula is C7H8FN3O3. The quantitative estimate of drug-likeness (QED) is 0.736. The Morgan fingerprint density at radius 2 is 2.36 bits per heavy atom. The van der Waals surface area contributed by atoms with Crippen molar-refractivity contribution in [1.29, 1.82) is 0 Å². The number of alkyl halides is 1. The van der Waals surface area contributed by atoms with Gasteiger partial charge in [-0.2, -0.15) is 0 Å². The van der Waals surface area contributed by atoms with E-state index in [0.29, 0.717) is 13.1 Å². The second kappa shape index (κ2) is 3.33. The van der Waals surface area contributed by atoms with Gasteiger partial charge in [-0.15, -0.1) is 0 Å². The highest BCUT2D eigenvalue weighted by Crippen LogP contribution is 2.15. The monoisotopic (exact) mass is 201 g/mol. The Hall–Kier alpha value is -1.50. The Bertz CT molecular complexity index is 348. The molecule has 1 N–H and O–H groups in total. The Morgan fingerprint density at radius 1 is 1.64 bits per heavy atom. The lowest BCUT2D eigenvalue weighted by atomic mass is 10.1. The Morgan fingerprint density at radius 3 is 2.93 bits per heavy atom. The van der Waals surface area contributed by atoms with Crippen molar-refractivity contribution < 1.29 is 18.9 Å². The van der Waals surface area contributed by atoms with Crippen molar-refractivity contribution in [2.24, 2.45) is 0 Å². The molecule has 1 aliphatic heterocycles. The highest BCUT2D eigenvalue weighted by atomic mass is 19.1. The van der Waals surface area contributed by atoms with Crippen LogP contribution < -0.4 is 0 Å². The number of hydrogen-bond donors (Lipinski definition) is 1. The molecule has 2 heterocycles. The first-order valence-corrected chi connectivity index (χ1v) is 4.08. The SMILES string of the molecule is O=C(O)c1nonc1CN1CC(F)C1. The number of aromatic carboxylic acids is 1. The summed E-state index contributed by atoms with van der Waals surface area (Å²) in [6.45, 7) is 0.892. The molecule has 0 spiro atoms. The van der Waals surface area contributed by atoms with E-state index in [1.807, 2.05) is 0 Å². The Kier molecular flexibility index (Phi) is 2.16. The number of hydrogen-bond acceptors (Lipinski definition) is 5. The number of likely N-dealkylation sites (tertiary alicyclic amines) is 1. The molecule has 0 aromatic carbocycles. The van der Waals surface area contributed by atoms with E-state index in [-0.39, 0.29) is 17.9 Å². The highest BCUT2D eigenvalue weighted by molar-refractivity contribution is 5.86. The molecule has 0 radical (unpaired) electrons. The summed E-state index contributed by atoms with van der Waals surface area (Å²) in [7, 11) is 0. The summed E-state index contributed by atoms with van der Waals surface area (Å²) >= 11 is 0.